The number of fused-ring (bicyclic) bond motifs is 1. The van der Waals surface area contributed by atoms with Crippen molar-refractivity contribution in [3.8, 4) is 0 Å². The van der Waals surface area contributed by atoms with Gasteiger partial charge in [-0.1, -0.05) is 31.2 Å². The van der Waals surface area contributed by atoms with Gasteiger partial charge in [0.15, 0.2) is 6.10 Å². The van der Waals surface area contributed by atoms with Gasteiger partial charge in [-0.05, 0) is 24.5 Å². The van der Waals surface area contributed by atoms with Gasteiger partial charge in [0.25, 0.3) is 0 Å². The smallest absolute Gasteiger partial charge is 0.157 e. The molecule has 13 heavy (non-hydrogen) atoms. The van der Waals surface area contributed by atoms with E-state index in [1.165, 1.54) is 5.57 Å². The van der Waals surface area contributed by atoms with E-state index in [0.717, 1.165) is 5.71 Å². The van der Waals surface area contributed by atoms with Crippen molar-refractivity contribution in [3.05, 3.63) is 23.8 Å². The van der Waals surface area contributed by atoms with Gasteiger partial charge < -0.3 is 4.84 Å². The van der Waals surface area contributed by atoms with E-state index in [2.05, 4.69) is 37.2 Å². The molecule has 0 amide bonds. The molecule has 1 heterocycles. The standard InChI is InChI=1S/C11H15NO/c1-7(2)9-4-5-11-10(6-9)8(3)12-13-11/h4-7,10-11H,1-3H3. The predicted octanol–water partition coefficient (Wildman–Crippen LogP) is 2.53. The van der Waals surface area contributed by atoms with Crippen LogP contribution in [-0.4, -0.2) is 11.8 Å². The van der Waals surface area contributed by atoms with Crippen molar-refractivity contribution in [3.63, 3.8) is 0 Å². The summed E-state index contributed by atoms with van der Waals surface area (Å²) in [5.41, 5.74) is 2.48. The summed E-state index contributed by atoms with van der Waals surface area (Å²) in [4.78, 5) is 5.25. The first-order valence-electron chi connectivity index (χ1n) is 4.78. The Balaban J connectivity index is 2.24. The van der Waals surface area contributed by atoms with Crippen molar-refractivity contribution in [1.82, 2.24) is 0 Å². The van der Waals surface area contributed by atoms with Gasteiger partial charge in [0, 0.05) is 0 Å². The average Bonchev–Trinajstić information content (AvgIpc) is 2.47. The van der Waals surface area contributed by atoms with Crippen molar-refractivity contribution in [2.75, 3.05) is 0 Å². The molecule has 0 aromatic carbocycles. The van der Waals surface area contributed by atoms with Crippen LogP contribution in [-0.2, 0) is 4.84 Å². The first kappa shape index (κ1) is 8.54. The van der Waals surface area contributed by atoms with Gasteiger partial charge in [-0.25, -0.2) is 0 Å². The molecule has 2 unspecified atom stereocenters. The molecule has 2 aliphatic rings. The van der Waals surface area contributed by atoms with Crippen LogP contribution >= 0.6 is 0 Å². The first-order chi connectivity index (χ1) is 6.18. The Labute approximate surface area is 79.0 Å². The van der Waals surface area contributed by atoms with Crippen LogP contribution in [0.5, 0.6) is 0 Å². The Bertz CT molecular complexity index is 299. The minimum atomic E-state index is 0.155. The quantitative estimate of drug-likeness (QED) is 0.603. The van der Waals surface area contributed by atoms with E-state index in [1.54, 1.807) is 0 Å². The largest absolute Gasteiger partial charge is 0.387 e. The van der Waals surface area contributed by atoms with Gasteiger partial charge >= 0.3 is 0 Å². The van der Waals surface area contributed by atoms with Crippen LogP contribution in [0.15, 0.2) is 29.0 Å². The molecule has 0 fully saturated rings. The van der Waals surface area contributed by atoms with E-state index in [9.17, 15) is 0 Å². The van der Waals surface area contributed by atoms with E-state index < -0.39 is 0 Å². The summed E-state index contributed by atoms with van der Waals surface area (Å²) in [7, 11) is 0. The minimum Gasteiger partial charge on any atom is -0.387 e. The molecular weight excluding hydrogens is 162 g/mol. The molecule has 2 heteroatoms. The number of hydrogen-bond acceptors (Lipinski definition) is 2. The Kier molecular flexibility index (Phi) is 1.98. The van der Waals surface area contributed by atoms with Crippen molar-refractivity contribution >= 4 is 5.71 Å². The molecule has 1 aliphatic carbocycles. The third-order valence-corrected chi connectivity index (χ3v) is 2.67. The summed E-state index contributed by atoms with van der Waals surface area (Å²) >= 11 is 0. The van der Waals surface area contributed by atoms with Crippen LogP contribution in [0.1, 0.15) is 20.8 Å². The third-order valence-electron chi connectivity index (χ3n) is 2.67. The van der Waals surface area contributed by atoms with Crippen LogP contribution in [0.25, 0.3) is 0 Å². The number of rotatable bonds is 1. The van der Waals surface area contributed by atoms with E-state index in [-0.39, 0.29) is 6.10 Å². The lowest BCUT2D eigenvalue weighted by atomic mass is 9.87. The molecule has 2 atom stereocenters. The van der Waals surface area contributed by atoms with Crippen molar-refractivity contribution in [2.45, 2.75) is 26.9 Å². The van der Waals surface area contributed by atoms with Gasteiger partial charge in [-0.15, -0.1) is 0 Å². The molecule has 0 N–H and O–H groups in total. The normalized spacial score (nSPS) is 31.1. The van der Waals surface area contributed by atoms with Gasteiger partial charge in [0.05, 0.1) is 11.6 Å². The van der Waals surface area contributed by atoms with Crippen LogP contribution in [0, 0.1) is 11.8 Å². The zero-order valence-electron chi connectivity index (χ0n) is 8.32. The second kappa shape index (κ2) is 3.02. The molecular formula is C11H15NO. The molecule has 0 radical (unpaired) electrons. The lowest BCUT2D eigenvalue weighted by molar-refractivity contribution is 0.105. The number of nitrogens with zero attached hydrogens (tertiary/aromatic N) is 1. The summed E-state index contributed by atoms with van der Waals surface area (Å²) in [5, 5.41) is 4.00. The highest BCUT2D eigenvalue weighted by Gasteiger charge is 2.30. The second-order valence-electron chi connectivity index (χ2n) is 4.01. The summed E-state index contributed by atoms with van der Waals surface area (Å²) in [6.07, 6.45) is 6.70. The Morgan fingerprint density at radius 1 is 1.46 bits per heavy atom. The molecule has 0 saturated carbocycles. The number of allylic oxidation sites excluding steroid dienone is 2. The first-order valence-corrected chi connectivity index (χ1v) is 4.78. The lowest BCUT2D eigenvalue weighted by Crippen LogP contribution is -2.21. The fourth-order valence-corrected chi connectivity index (χ4v) is 1.73. The van der Waals surface area contributed by atoms with Crippen LogP contribution < -0.4 is 0 Å². The highest BCUT2D eigenvalue weighted by Crippen LogP contribution is 2.29. The molecule has 2 nitrogen and oxygen atoms in total. The van der Waals surface area contributed by atoms with Crippen LogP contribution in [0.2, 0.25) is 0 Å². The number of oxime groups is 1. The zero-order chi connectivity index (χ0) is 9.42. The predicted molar refractivity (Wildman–Crippen MR) is 53.5 cm³/mol. The van der Waals surface area contributed by atoms with Gasteiger partial charge in [0.1, 0.15) is 0 Å². The molecule has 0 bridgehead atoms. The Morgan fingerprint density at radius 2 is 2.23 bits per heavy atom. The molecule has 0 aromatic rings. The van der Waals surface area contributed by atoms with Gasteiger partial charge in [0.2, 0.25) is 0 Å². The summed E-state index contributed by atoms with van der Waals surface area (Å²) in [5.74, 6) is 0.966. The maximum atomic E-state index is 5.25. The molecule has 2 rings (SSSR count). The monoisotopic (exact) mass is 177 g/mol. The minimum absolute atomic E-state index is 0.155. The maximum Gasteiger partial charge on any atom is 0.157 e. The highest BCUT2D eigenvalue weighted by atomic mass is 16.6. The van der Waals surface area contributed by atoms with E-state index in [4.69, 9.17) is 4.84 Å². The fourth-order valence-electron chi connectivity index (χ4n) is 1.73. The Morgan fingerprint density at radius 3 is 2.92 bits per heavy atom. The molecule has 0 saturated heterocycles. The Hall–Kier alpha value is -1.05. The fraction of sp³-hybridized carbons (Fsp3) is 0.545. The van der Waals surface area contributed by atoms with Crippen LogP contribution in [0.4, 0.5) is 0 Å². The van der Waals surface area contributed by atoms with Crippen LogP contribution in [0.3, 0.4) is 0 Å². The van der Waals surface area contributed by atoms with E-state index in [1.807, 2.05) is 6.92 Å². The third kappa shape index (κ3) is 1.41. The van der Waals surface area contributed by atoms with E-state index >= 15 is 0 Å². The number of hydrogen-bond donors (Lipinski definition) is 0. The lowest BCUT2D eigenvalue weighted by Gasteiger charge is -2.19. The topological polar surface area (TPSA) is 21.6 Å². The van der Waals surface area contributed by atoms with Crippen molar-refractivity contribution in [2.24, 2.45) is 17.0 Å². The summed E-state index contributed by atoms with van der Waals surface area (Å²) < 4.78 is 0. The van der Waals surface area contributed by atoms with E-state index in [0.29, 0.717) is 11.8 Å². The molecule has 0 aromatic heterocycles. The zero-order valence-corrected chi connectivity index (χ0v) is 8.32. The van der Waals surface area contributed by atoms with Gasteiger partial charge in [-0.3, -0.25) is 0 Å². The van der Waals surface area contributed by atoms with Gasteiger partial charge in [-0.2, -0.15) is 0 Å². The molecule has 1 aliphatic heterocycles. The summed E-state index contributed by atoms with van der Waals surface area (Å²) in [6.45, 7) is 6.44. The SMILES string of the molecule is CC1=NOC2C=CC(C(C)C)=CC12. The molecule has 0 spiro atoms. The average molecular weight is 177 g/mol. The summed E-state index contributed by atoms with van der Waals surface area (Å²) in [6, 6.07) is 0. The maximum absolute atomic E-state index is 5.25. The second-order valence-corrected chi connectivity index (χ2v) is 4.01. The highest BCUT2D eigenvalue weighted by molar-refractivity contribution is 5.88. The van der Waals surface area contributed by atoms with Crippen molar-refractivity contribution in [1.29, 1.82) is 0 Å². The van der Waals surface area contributed by atoms with Crippen molar-refractivity contribution < 1.29 is 4.84 Å². The molecule has 70 valence electrons.